The summed E-state index contributed by atoms with van der Waals surface area (Å²) < 4.78 is 9.36. The average Bonchev–Trinajstić information content (AvgIpc) is 2.40. The molecule has 0 saturated heterocycles. The molecule has 1 rings (SSSR count). The van der Waals surface area contributed by atoms with Crippen molar-refractivity contribution in [1.29, 1.82) is 0 Å². The van der Waals surface area contributed by atoms with Crippen LogP contribution in [-0.2, 0) is 14.3 Å². The van der Waals surface area contributed by atoms with Crippen LogP contribution >= 0.6 is 0 Å². The van der Waals surface area contributed by atoms with Gasteiger partial charge in [-0.15, -0.1) is 0 Å². The minimum absolute atomic E-state index is 0.227. The Morgan fingerprint density at radius 2 is 1.94 bits per heavy atom. The average molecular weight is 247 g/mol. The zero-order valence-electron chi connectivity index (χ0n) is 10.2. The van der Waals surface area contributed by atoms with Crippen LogP contribution in [-0.4, -0.2) is 25.7 Å². The Hall–Kier alpha value is -2.35. The van der Waals surface area contributed by atoms with Crippen LogP contribution in [0.3, 0.4) is 0 Å². The second kappa shape index (κ2) is 6.40. The van der Waals surface area contributed by atoms with Gasteiger partial charge in [0.05, 0.1) is 19.3 Å². The van der Waals surface area contributed by atoms with Gasteiger partial charge < -0.3 is 9.47 Å². The van der Waals surface area contributed by atoms with Crippen LogP contribution in [0.5, 0.6) is 0 Å². The molecule has 1 atom stereocenters. The van der Waals surface area contributed by atoms with Gasteiger partial charge in [0.1, 0.15) is 0 Å². The maximum Gasteiger partial charge on any atom is 0.395 e. The van der Waals surface area contributed by atoms with Crippen LogP contribution in [0.25, 0.3) is 4.85 Å². The van der Waals surface area contributed by atoms with Gasteiger partial charge in [0.15, 0.2) is 0 Å². The molecule has 0 bridgehead atoms. The van der Waals surface area contributed by atoms with Crippen LogP contribution in [0.4, 0.5) is 0 Å². The summed E-state index contributed by atoms with van der Waals surface area (Å²) in [7, 11) is 1.29. The van der Waals surface area contributed by atoms with Crippen molar-refractivity contribution in [2.24, 2.45) is 0 Å². The predicted molar refractivity (Wildman–Crippen MR) is 63.8 cm³/mol. The van der Waals surface area contributed by atoms with Crippen molar-refractivity contribution in [2.75, 3.05) is 13.7 Å². The highest BCUT2D eigenvalue weighted by atomic mass is 16.5. The largest absolute Gasteiger partial charge is 0.465 e. The smallest absolute Gasteiger partial charge is 0.395 e. The highest BCUT2D eigenvalue weighted by Gasteiger charge is 2.27. The highest BCUT2D eigenvalue weighted by molar-refractivity contribution is 5.89. The lowest BCUT2D eigenvalue weighted by molar-refractivity contribution is -0.143. The van der Waals surface area contributed by atoms with Crippen molar-refractivity contribution in [2.45, 2.75) is 13.0 Å². The summed E-state index contributed by atoms with van der Waals surface area (Å²) in [6.45, 7) is 8.92. The van der Waals surface area contributed by atoms with E-state index in [0.717, 1.165) is 0 Å². The molecule has 5 nitrogen and oxygen atoms in total. The number of esters is 2. The summed E-state index contributed by atoms with van der Waals surface area (Å²) in [5, 5.41) is 0. The van der Waals surface area contributed by atoms with Crippen molar-refractivity contribution in [3.63, 3.8) is 0 Å². The lowest BCUT2D eigenvalue weighted by Crippen LogP contribution is -2.13. The van der Waals surface area contributed by atoms with Gasteiger partial charge in [-0.3, -0.25) is 4.85 Å². The van der Waals surface area contributed by atoms with Gasteiger partial charge in [0.25, 0.3) is 0 Å². The Balaban J connectivity index is 2.93. The normalized spacial score (nSPS) is 11.2. The number of nitrogens with zero attached hydrogens (tertiary/aromatic N) is 1. The maximum atomic E-state index is 11.5. The third kappa shape index (κ3) is 3.08. The lowest BCUT2D eigenvalue weighted by atomic mass is 10.1. The minimum atomic E-state index is -0.989. The second-order valence-electron chi connectivity index (χ2n) is 3.40. The third-order valence-electron chi connectivity index (χ3n) is 2.29. The van der Waals surface area contributed by atoms with E-state index in [2.05, 4.69) is 9.58 Å². The predicted octanol–water partition coefficient (Wildman–Crippen LogP) is 2.00. The molecule has 0 N–H and O–H groups in total. The molecule has 94 valence electrons. The topological polar surface area (TPSA) is 57.0 Å². The summed E-state index contributed by atoms with van der Waals surface area (Å²) in [5.74, 6) is -1.05. The Kier molecular flexibility index (Phi) is 4.88. The number of rotatable bonds is 4. The van der Waals surface area contributed by atoms with Crippen molar-refractivity contribution in [3.05, 3.63) is 46.8 Å². The second-order valence-corrected chi connectivity index (χ2v) is 3.40. The Morgan fingerprint density at radius 3 is 2.39 bits per heavy atom. The zero-order chi connectivity index (χ0) is 13.5. The van der Waals surface area contributed by atoms with Crippen LogP contribution in [0.1, 0.15) is 28.9 Å². The van der Waals surface area contributed by atoms with E-state index in [9.17, 15) is 9.59 Å². The molecule has 0 saturated carbocycles. The van der Waals surface area contributed by atoms with Crippen LogP contribution in [0, 0.1) is 6.57 Å². The van der Waals surface area contributed by atoms with Gasteiger partial charge in [-0.2, -0.15) is 0 Å². The number of methoxy groups -OCH3 is 1. The number of hydrogen-bond acceptors (Lipinski definition) is 4. The van der Waals surface area contributed by atoms with Crippen molar-refractivity contribution >= 4 is 11.9 Å². The van der Waals surface area contributed by atoms with E-state index in [1.807, 2.05) is 0 Å². The van der Waals surface area contributed by atoms with Gasteiger partial charge >= 0.3 is 18.0 Å². The third-order valence-corrected chi connectivity index (χ3v) is 2.29. The first-order chi connectivity index (χ1) is 8.63. The molecule has 0 spiro atoms. The van der Waals surface area contributed by atoms with Gasteiger partial charge in [-0.25, -0.2) is 16.2 Å². The van der Waals surface area contributed by atoms with E-state index < -0.39 is 18.0 Å². The van der Waals surface area contributed by atoms with Gasteiger partial charge in [0, 0.05) is 5.56 Å². The van der Waals surface area contributed by atoms with Crippen LogP contribution < -0.4 is 0 Å². The first-order valence-electron chi connectivity index (χ1n) is 5.35. The SMILES string of the molecule is [C-]#[N+]C(C(=O)OCC)c1ccc(C(=O)OC)cc1. The fraction of sp³-hybridized carbons (Fsp3) is 0.308. The van der Waals surface area contributed by atoms with E-state index in [1.165, 1.54) is 19.2 Å². The molecule has 18 heavy (non-hydrogen) atoms. The van der Waals surface area contributed by atoms with Gasteiger partial charge in [-0.05, 0) is 31.2 Å². The standard InChI is InChI=1S/C13H13NO4/c1-4-18-13(16)11(14-2)9-5-7-10(8-6-9)12(15)17-3/h5-8,11H,4H2,1,3H3. The van der Waals surface area contributed by atoms with Gasteiger partial charge in [0.2, 0.25) is 0 Å². The van der Waals surface area contributed by atoms with E-state index >= 15 is 0 Å². The minimum Gasteiger partial charge on any atom is -0.465 e. The molecule has 0 aliphatic heterocycles. The monoisotopic (exact) mass is 247 g/mol. The Bertz CT molecular complexity index is 473. The summed E-state index contributed by atoms with van der Waals surface area (Å²) in [5.41, 5.74) is 0.866. The molecule has 1 aromatic rings. The zero-order valence-corrected chi connectivity index (χ0v) is 10.2. The highest BCUT2D eigenvalue weighted by Crippen LogP contribution is 2.20. The fourth-order valence-electron chi connectivity index (χ4n) is 1.40. The van der Waals surface area contributed by atoms with Gasteiger partial charge in [-0.1, -0.05) is 0 Å². The molecular formula is C13H13NO4. The van der Waals surface area contributed by atoms with Crippen molar-refractivity contribution in [1.82, 2.24) is 0 Å². The van der Waals surface area contributed by atoms with Crippen LogP contribution in [0.2, 0.25) is 0 Å². The molecule has 1 unspecified atom stereocenters. The number of hydrogen-bond donors (Lipinski definition) is 0. The fourth-order valence-corrected chi connectivity index (χ4v) is 1.40. The summed E-state index contributed by atoms with van der Waals surface area (Å²) in [4.78, 5) is 26.0. The molecule has 0 aliphatic carbocycles. The first-order valence-corrected chi connectivity index (χ1v) is 5.35. The molecular weight excluding hydrogens is 234 g/mol. The number of benzene rings is 1. The number of carbonyl (C=O) groups excluding carboxylic acids is 2. The van der Waals surface area contributed by atoms with Crippen LogP contribution in [0.15, 0.2) is 24.3 Å². The van der Waals surface area contributed by atoms with E-state index in [-0.39, 0.29) is 6.61 Å². The Morgan fingerprint density at radius 1 is 1.33 bits per heavy atom. The van der Waals surface area contributed by atoms with E-state index in [4.69, 9.17) is 11.3 Å². The number of carbonyl (C=O) groups is 2. The number of ether oxygens (including phenoxy) is 2. The lowest BCUT2D eigenvalue weighted by Gasteiger charge is -2.06. The molecule has 0 radical (unpaired) electrons. The molecule has 0 heterocycles. The molecule has 0 aromatic heterocycles. The summed E-state index contributed by atoms with van der Waals surface area (Å²) >= 11 is 0. The summed E-state index contributed by atoms with van der Waals surface area (Å²) in [6, 6.07) is 5.13. The van der Waals surface area contributed by atoms with Crippen molar-refractivity contribution < 1.29 is 19.1 Å². The molecule has 0 amide bonds. The Labute approximate surface area is 105 Å². The summed E-state index contributed by atoms with van der Waals surface area (Å²) in [6.07, 6.45) is 0. The molecule has 0 fully saturated rings. The quantitative estimate of drug-likeness (QED) is 0.603. The maximum absolute atomic E-state index is 11.5. The molecule has 5 heteroatoms. The molecule has 1 aromatic carbocycles. The van der Waals surface area contributed by atoms with E-state index in [0.29, 0.717) is 11.1 Å². The molecule has 0 aliphatic rings. The van der Waals surface area contributed by atoms with E-state index in [1.54, 1.807) is 19.1 Å². The van der Waals surface area contributed by atoms with Crippen molar-refractivity contribution in [3.8, 4) is 0 Å². The first kappa shape index (κ1) is 13.7.